The van der Waals surface area contributed by atoms with Gasteiger partial charge in [-0.15, -0.1) is 5.69 Å². The van der Waals surface area contributed by atoms with Crippen molar-refractivity contribution >= 4 is 11.4 Å². The zero-order valence-electron chi connectivity index (χ0n) is 16.0. The third kappa shape index (κ3) is 7.93. The van der Waals surface area contributed by atoms with Crippen LogP contribution in [0.4, 0.5) is 14.6 Å². The van der Waals surface area contributed by atoms with Gasteiger partial charge in [-0.3, -0.25) is 20.1 Å². The number of nitro benzene ring substituents is 1. The molecule has 9 heteroatoms. The molecular formula is C22H17FN4O3Pd. The summed E-state index contributed by atoms with van der Waals surface area (Å²) in [4.78, 5) is 23.6. The minimum absolute atomic E-state index is 0.00577. The van der Waals surface area contributed by atoms with E-state index in [0.717, 1.165) is 11.3 Å². The molecule has 0 atom stereocenters. The predicted molar refractivity (Wildman–Crippen MR) is 112 cm³/mol. The SMILES string of the molecule is O=[N+]([O-])c1ccc(O[N-]c2ccccc2-c2ccccn2)cc1.[F][Pd+].c1ccncc1. The zero-order valence-corrected chi connectivity index (χ0v) is 17.6. The van der Waals surface area contributed by atoms with Gasteiger partial charge in [-0.25, -0.2) is 0 Å². The standard InChI is InChI=1S/C17H12N3O3.C5H5N.FH.Pd/c21-20(22)13-8-10-14(11-9-13)23-19-17-7-2-1-5-15(17)16-6-3-4-12-18-16;1-2-4-6-5-3-1;;/h1-12H;1-5H;1H;/q-1;;;+2/p-1. The van der Waals surface area contributed by atoms with Crippen molar-refractivity contribution in [1.82, 2.24) is 9.97 Å². The van der Waals surface area contributed by atoms with Crippen molar-refractivity contribution in [1.29, 1.82) is 0 Å². The van der Waals surface area contributed by atoms with Crippen LogP contribution in [0, 0.1) is 10.1 Å². The Kier molecular flexibility index (Phi) is 10.3. The first kappa shape index (κ1) is 23.6. The van der Waals surface area contributed by atoms with E-state index in [0.29, 0.717) is 11.4 Å². The summed E-state index contributed by atoms with van der Waals surface area (Å²) in [5.41, 5.74) is 6.39. The van der Waals surface area contributed by atoms with E-state index in [-0.39, 0.29) is 5.69 Å². The normalized spacial score (nSPS) is 9.26. The first-order chi connectivity index (χ1) is 15.2. The van der Waals surface area contributed by atoms with Crippen LogP contribution in [0.5, 0.6) is 5.75 Å². The maximum atomic E-state index is 10.6. The summed E-state index contributed by atoms with van der Waals surface area (Å²) in [6.45, 7) is 0. The number of aromatic nitrogens is 2. The van der Waals surface area contributed by atoms with Gasteiger partial charge in [0, 0.05) is 30.7 Å². The first-order valence-corrected chi connectivity index (χ1v) is 9.43. The molecule has 31 heavy (non-hydrogen) atoms. The van der Waals surface area contributed by atoms with Gasteiger partial charge in [-0.1, -0.05) is 36.4 Å². The van der Waals surface area contributed by atoms with E-state index in [1.54, 1.807) is 18.6 Å². The molecule has 0 saturated carbocycles. The first-order valence-electron chi connectivity index (χ1n) is 8.84. The molecule has 0 fully saturated rings. The molecule has 0 aliphatic heterocycles. The molecule has 0 unspecified atom stereocenters. The van der Waals surface area contributed by atoms with E-state index in [2.05, 4.69) is 15.4 Å². The molecular weight excluding hydrogens is 494 g/mol. The van der Waals surface area contributed by atoms with Crippen molar-refractivity contribution in [3.63, 3.8) is 0 Å². The van der Waals surface area contributed by atoms with Gasteiger partial charge in [0.15, 0.2) is 0 Å². The van der Waals surface area contributed by atoms with Gasteiger partial charge in [0.25, 0.3) is 5.69 Å². The van der Waals surface area contributed by atoms with Crippen molar-refractivity contribution < 1.29 is 32.7 Å². The van der Waals surface area contributed by atoms with Gasteiger partial charge < -0.3 is 10.3 Å². The molecule has 4 aromatic rings. The number of nitrogens with zero attached hydrogens (tertiary/aromatic N) is 4. The van der Waals surface area contributed by atoms with E-state index in [1.165, 1.54) is 44.0 Å². The fraction of sp³-hybridized carbons (Fsp3) is 0. The van der Waals surface area contributed by atoms with Crippen molar-refractivity contribution in [3.05, 3.63) is 119 Å². The van der Waals surface area contributed by atoms with Crippen LogP contribution in [-0.4, -0.2) is 14.9 Å². The Balaban J connectivity index is 0.000000363. The number of rotatable bonds is 5. The molecule has 0 saturated heterocycles. The molecule has 0 amide bonds. The molecule has 0 aliphatic rings. The number of benzene rings is 2. The maximum absolute atomic E-state index is 10.6. The summed E-state index contributed by atoms with van der Waals surface area (Å²) in [7, 11) is 0. The predicted octanol–water partition coefficient (Wildman–Crippen LogP) is 6.16. The number of halogens is 1. The smallest absolute Gasteiger partial charge is 0.0267 e. The van der Waals surface area contributed by atoms with Crippen LogP contribution in [0.2, 0.25) is 0 Å². The average molecular weight is 511 g/mol. The number of hydrogen-bond acceptors (Lipinski definition) is 5. The van der Waals surface area contributed by atoms with Crippen LogP contribution in [0.3, 0.4) is 0 Å². The molecule has 0 bridgehead atoms. The topological polar surface area (TPSA) is 92.2 Å². The second kappa shape index (κ2) is 13.5. The number of non-ortho nitro benzene ring substituents is 1. The van der Waals surface area contributed by atoms with Crippen LogP contribution < -0.4 is 4.84 Å². The Morgan fingerprint density at radius 2 is 1.48 bits per heavy atom. The number of hydrogen-bond donors (Lipinski definition) is 0. The molecule has 4 rings (SSSR count). The third-order valence-electron chi connectivity index (χ3n) is 3.71. The third-order valence-corrected chi connectivity index (χ3v) is 3.71. The molecule has 2 heterocycles. The van der Waals surface area contributed by atoms with Gasteiger partial charge >= 0.3 is 22.9 Å². The van der Waals surface area contributed by atoms with Gasteiger partial charge in [0.1, 0.15) is 5.75 Å². The molecule has 160 valence electrons. The van der Waals surface area contributed by atoms with E-state index < -0.39 is 4.92 Å². The van der Waals surface area contributed by atoms with Gasteiger partial charge in [0.05, 0.1) is 10.6 Å². The minimum atomic E-state index is -0.461. The summed E-state index contributed by atoms with van der Waals surface area (Å²) in [6, 6.07) is 24.6. The summed E-state index contributed by atoms with van der Waals surface area (Å²) in [5.74, 6) is 0.423. The Labute approximate surface area is 190 Å². The molecule has 0 spiro atoms. The minimum Gasteiger partial charge on any atom is -0.265 e. The fourth-order valence-electron chi connectivity index (χ4n) is 2.34. The largest absolute Gasteiger partial charge is 0.265 e. The molecule has 0 aliphatic carbocycles. The van der Waals surface area contributed by atoms with Crippen LogP contribution in [0.15, 0.2) is 104 Å². The average Bonchev–Trinajstić information content (AvgIpc) is 2.86. The molecule has 2 aromatic heterocycles. The van der Waals surface area contributed by atoms with Crippen molar-refractivity contribution in [2.45, 2.75) is 0 Å². The Morgan fingerprint density at radius 3 is 2.03 bits per heavy atom. The summed E-state index contributed by atoms with van der Waals surface area (Å²) in [6.07, 6.45) is 5.21. The van der Waals surface area contributed by atoms with E-state index in [4.69, 9.17) is 4.84 Å². The monoisotopic (exact) mass is 510 g/mol. The second-order valence-electron chi connectivity index (χ2n) is 5.69. The van der Waals surface area contributed by atoms with Crippen LogP contribution in [0.1, 0.15) is 0 Å². The zero-order chi connectivity index (χ0) is 22.3. The Bertz CT molecular complexity index is 1010. The van der Waals surface area contributed by atoms with E-state index in [9.17, 15) is 13.3 Å². The van der Waals surface area contributed by atoms with Crippen LogP contribution in [0.25, 0.3) is 16.7 Å². The molecule has 2 aromatic carbocycles. The van der Waals surface area contributed by atoms with Crippen LogP contribution in [-0.2, 0) is 19.7 Å². The summed E-state index contributed by atoms with van der Waals surface area (Å²) in [5, 5.41) is 10.6. The van der Waals surface area contributed by atoms with E-state index in [1.807, 2.05) is 60.7 Å². The van der Waals surface area contributed by atoms with Gasteiger partial charge in [-0.2, -0.15) is 0 Å². The number of nitro groups is 1. The van der Waals surface area contributed by atoms with E-state index >= 15 is 0 Å². The number of pyridine rings is 2. The molecule has 7 nitrogen and oxygen atoms in total. The van der Waals surface area contributed by atoms with Crippen molar-refractivity contribution in [2.24, 2.45) is 0 Å². The van der Waals surface area contributed by atoms with Crippen molar-refractivity contribution in [3.8, 4) is 17.0 Å². The maximum Gasteiger partial charge on any atom is 0.0267 e. The fourth-order valence-corrected chi connectivity index (χ4v) is 2.34. The van der Waals surface area contributed by atoms with Crippen molar-refractivity contribution in [2.75, 3.05) is 0 Å². The quantitative estimate of drug-likeness (QED) is 0.182. The summed E-state index contributed by atoms with van der Waals surface area (Å²) < 4.78 is 9.35. The van der Waals surface area contributed by atoms with Gasteiger partial charge in [0.2, 0.25) is 0 Å². The Hall–Kier alpha value is -3.67. The molecule has 0 N–H and O–H groups in total. The second-order valence-corrected chi connectivity index (χ2v) is 5.69. The summed E-state index contributed by atoms with van der Waals surface area (Å²) >= 11 is 1.25. The molecule has 0 radical (unpaired) electrons. The van der Waals surface area contributed by atoms with Crippen LogP contribution >= 0.6 is 0 Å². The van der Waals surface area contributed by atoms with Gasteiger partial charge in [-0.05, 0) is 42.0 Å². The Morgan fingerprint density at radius 1 is 0.839 bits per heavy atom.